The highest BCUT2D eigenvalue weighted by Gasteiger charge is 2.20. The summed E-state index contributed by atoms with van der Waals surface area (Å²) in [7, 11) is 0. The largest absolute Gasteiger partial charge is 0.304 e. The second-order valence-corrected chi connectivity index (χ2v) is 8.67. The summed E-state index contributed by atoms with van der Waals surface area (Å²) in [6, 6.07) is 2.36. The third kappa shape index (κ3) is 3.67. The number of aromatic nitrogens is 1. The molecule has 1 atom stereocenters. The predicted molar refractivity (Wildman–Crippen MR) is 91.4 cm³/mol. The van der Waals surface area contributed by atoms with Gasteiger partial charge in [0.05, 0.1) is 15.5 Å². The van der Waals surface area contributed by atoms with Gasteiger partial charge in [0, 0.05) is 14.7 Å². The molecule has 0 spiro atoms. The molecule has 0 aromatic carbocycles. The lowest BCUT2D eigenvalue weighted by atomic mass is 10.1. The minimum absolute atomic E-state index is 0.190. The zero-order valence-corrected chi connectivity index (χ0v) is 15.8. The van der Waals surface area contributed by atoms with Crippen molar-refractivity contribution >= 4 is 54.5 Å². The van der Waals surface area contributed by atoms with E-state index in [2.05, 4.69) is 69.4 Å². The highest BCUT2D eigenvalue weighted by atomic mass is 79.9. The summed E-state index contributed by atoms with van der Waals surface area (Å²) in [5.74, 6) is 0.481. The molecule has 6 heteroatoms. The van der Waals surface area contributed by atoms with Crippen LogP contribution in [0.4, 0.5) is 0 Å². The minimum Gasteiger partial charge on any atom is -0.304 e. The Morgan fingerprint density at radius 3 is 2.58 bits per heavy atom. The van der Waals surface area contributed by atoms with Gasteiger partial charge in [0.15, 0.2) is 0 Å². The number of rotatable bonds is 5. The molecule has 104 valence electrons. The second kappa shape index (κ2) is 6.80. The Morgan fingerprint density at radius 1 is 1.37 bits per heavy atom. The maximum Gasteiger partial charge on any atom is 0.115 e. The van der Waals surface area contributed by atoms with Gasteiger partial charge in [0.1, 0.15) is 5.01 Å². The molecule has 0 amide bonds. The maximum absolute atomic E-state index is 4.78. The van der Waals surface area contributed by atoms with Crippen molar-refractivity contribution in [3.05, 3.63) is 35.3 Å². The Bertz CT molecular complexity index is 529. The van der Waals surface area contributed by atoms with Crippen LogP contribution in [-0.2, 0) is 0 Å². The molecule has 19 heavy (non-hydrogen) atoms. The third-order valence-corrected chi connectivity index (χ3v) is 6.98. The summed E-state index contributed by atoms with van der Waals surface area (Å²) in [5, 5.41) is 6.84. The lowest BCUT2D eigenvalue weighted by Gasteiger charge is -2.13. The summed E-state index contributed by atoms with van der Waals surface area (Å²) in [6.45, 7) is 7.41. The Balaban J connectivity index is 2.33. The molecular formula is C13H16Br2N2S2. The van der Waals surface area contributed by atoms with E-state index < -0.39 is 0 Å². The van der Waals surface area contributed by atoms with Crippen LogP contribution >= 0.6 is 54.5 Å². The molecule has 0 radical (unpaired) electrons. The molecular weight excluding hydrogens is 408 g/mol. The summed E-state index contributed by atoms with van der Waals surface area (Å²) in [4.78, 5) is 6.06. The van der Waals surface area contributed by atoms with Gasteiger partial charge in [-0.1, -0.05) is 20.8 Å². The molecule has 1 N–H and O–H groups in total. The van der Waals surface area contributed by atoms with Gasteiger partial charge in [0.25, 0.3) is 0 Å². The number of thiazole rings is 1. The Hall–Kier alpha value is 0.250. The number of hydrogen-bond acceptors (Lipinski definition) is 4. The SMILES string of the molecule is CCNC(c1cc(Br)c(Br)s1)c1nc(C(C)C)cs1. The molecule has 0 aliphatic carbocycles. The second-order valence-electron chi connectivity index (χ2n) is 4.53. The lowest BCUT2D eigenvalue weighted by molar-refractivity contribution is 0.632. The molecule has 0 bridgehead atoms. The normalized spacial score (nSPS) is 13.2. The van der Waals surface area contributed by atoms with Gasteiger partial charge in [-0.2, -0.15) is 0 Å². The van der Waals surface area contributed by atoms with E-state index in [4.69, 9.17) is 4.98 Å². The van der Waals surface area contributed by atoms with Gasteiger partial charge >= 0.3 is 0 Å². The molecule has 0 saturated carbocycles. The van der Waals surface area contributed by atoms with E-state index in [0.717, 1.165) is 19.8 Å². The van der Waals surface area contributed by atoms with Crippen LogP contribution in [0.15, 0.2) is 19.7 Å². The Labute approximate surface area is 138 Å². The first-order valence-electron chi connectivity index (χ1n) is 6.16. The van der Waals surface area contributed by atoms with Gasteiger partial charge in [0.2, 0.25) is 0 Å². The standard InChI is InChI=1S/C13H16Br2N2S2/c1-4-16-11(10-5-8(14)12(15)19-10)13-17-9(6-18-13)7(2)3/h5-7,11,16H,4H2,1-3H3. The van der Waals surface area contributed by atoms with Crippen LogP contribution < -0.4 is 5.32 Å². The molecule has 2 aromatic heterocycles. The average Bonchev–Trinajstić information content (AvgIpc) is 2.95. The van der Waals surface area contributed by atoms with E-state index in [1.165, 1.54) is 10.6 Å². The number of hydrogen-bond donors (Lipinski definition) is 1. The highest BCUT2D eigenvalue weighted by Crippen LogP contribution is 2.38. The van der Waals surface area contributed by atoms with E-state index in [1.807, 2.05) is 0 Å². The van der Waals surface area contributed by atoms with Gasteiger partial charge in [-0.3, -0.25) is 0 Å². The molecule has 0 saturated heterocycles. The number of nitrogens with one attached hydrogen (secondary N) is 1. The number of halogens is 2. The average molecular weight is 424 g/mol. The van der Waals surface area contributed by atoms with Crippen LogP contribution in [0.5, 0.6) is 0 Å². The molecule has 0 aliphatic heterocycles. The van der Waals surface area contributed by atoms with Crippen molar-refractivity contribution in [1.29, 1.82) is 0 Å². The predicted octanol–water partition coefficient (Wildman–Crippen LogP) is 5.55. The summed E-state index contributed by atoms with van der Waals surface area (Å²) >= 11 is 10.6. The van der Waals surface area contributed by atoms with Crippen LogP contribution in [0.2, 0.25) is 0 Å². The molecule has 1 unspecified atom stereocenters. The monoisotopic (exact) mass is 422 g/mol. The fourth-order valence-electron chi connectivity index (χ4n) is 1.72. The van der Waals surface area contributed by atoms with Crippen molar-refractivity contribution in [1.82, 2.24) is 10.3 Å². The van der Waals surface area contributed by atoms with Gasteiger partial charge in [-0.25, -0.2) is 4.98 Å². The minimum atomic E-state index is 0.190. The van der Waals surface area contributed by atoms with E-state index in [-0.39, 0.29) is 6.04 Å². The molecule has 2 heterocycles. The molecule has 2 rings (SSSR count). The van der Waals surface area contributed by atoms with Crippen LogP contribution in [-0.4, -0.2) is 11.5 Å². The van der Waals surface area contributed by atoms with E-state index in [9.17, 15) is 0 Å². The van der Waals surface area contributed by atoms with Crippen molar-refractivity contribution in [2.75, 3.05) is 6.54 Å². The number of nitrogens with zero attached hydrogens (tertiary/aromatic N) is 1. The zero-order chi connectivity index (χ0) is 14.0. The van der Waals surface area contributed by atoms with E-state index >= 15 is 0 Å². The molecule has 2 aromatic rings. The highest BCUT2D eigenvalue weighted by molar-refractivity contribution is 9.13. The number of thiophene rings is 1. The fraction of sp³-hybridized carbons (Fsp3) is 0.462. The van der Waals surface area contributed by atoms with Crippen LogP contribution in [0.1, 0.15) is 48.3 Å². The quantitative estimate of drug-likeness (QED) is 0.681. The zero-order valence-electron chi connectivity index (χ0n) is 11.0. The van der Waals surface area contributed by atoms with Crippen LogP contribution in [0.3, 0.4) is 0 Å². The summed E-state index contributed by atoms with van der Waals surface area (Å²) in [5.41, 5.74) is 1.18. The first-order valence-corrected chi connectivity index (χ1v) is 9.44. The smallest absolute Gasteiger partial charge is 0.115 e. The fourth-order valence-corrected chi connectivity index (χ4v) is 5.03. The Morgan fingerprint density at radius 2 is 2.11 bits per heavy atom. The third-order valence-electron chi connectivity index (χ3n) is 2.74. The van der Waals surface area contributed by atoms with E-state index in [0.29, 0.717) is 5.92 Å². The molecule has 0 aliphatic rings. The van der Waals surface area contributed by atoms with Crippen molar-refractivity contribution in [2.45, 2.75) is 32.7 Å². The van der Waals surface area contributed by atoms with Gasteiger partial charge in [-0.05, 0) is 50.4 Å². The summed E-state index contributed by atoms with van der Waals surface area (Å²) < 4.78 is 2.24. The van der Waals surface area contributed by atoms with Crippen molar-refractivity contribution in [2.24, 2.45) is 0 Å². The first-order chi connectivity index (χ1) is 9.02. The van der Waals surface area contributed by atoms with Crippen LogP contribution in [0.25, 0.3) is 0 Å². The van der Waals surface area contributed by atoms with Crippen molar-refractivity contribution in [3.63, 3.8) is 0 Å². The maximum atomic E-state index is 4.78. The van der Waals surface area contributed by atoms with Crippen molar-refractivity contribution in [3.8, 4) is 0 Å². The lowest BCUT2D eigenvalue weighted by Crippen LogP contribution is -2.21. The van der Waals surface area contributed by atoms with Gasteiger partial charge in [-0.15, -0.1) is 22.7 Å². The molecule has 2 nitrogen and oxygen atoms in total. The van der Waals surface area contributed by atoms with Gasteiger partial charge < -0.3 is 5.32 Å². The summed E-state index contributed by atoms with van der Waals surface area (Å²) in [6.07, 6.45) is 0. The van der Waals surface area contributed by atoms with Crippen LogP contribution in [0, 0.1) is 0 Å². The van der Waals surface area contributed by atoms with E-state index in [1.54, 1.807) is 22.7 Å². The van der Waals surface area contributed by atoms with Crippen molar-refractivity contribution < 1.29 is 0 Å². The topological polar surface area (TPSA) is 24.9 Å². The molecule has 0 fully saturated rings. The Kier molecular flexibility index (Phi) is 5.60. The first kappa shape index (κ1) is 15.6.